The van der Waals surface area contributed by atoms with E-state index < -0.39 is 30.1 Å². The molecule has 1 atom stereocenters. The van der Waals surface area contributed by atoms with Crippen molar-refractivity contribution in [1.82, 2.24) is 0 Å². The number of rotatable bonds is 15. The molecule has 0 N–H and O–H groups in total. The van der Waals surface area contributed by atoms with Gasteiger partial charge < -0.3 is 18.6 Å². The summed E-state index contributed by atoms with van der Waals surface area (Å²) < 4.78 is 56.2. The lowest BCUT2D eigenvalue weighted by atomic mass is 9.80. The van der Waals surface area contributed by atoms with Crippen molar-refractivity contribution in [2.45, 2.75) is 37.5 Å². The van der Waals surface area contributed by atoms with E-state index in [2.05, 4.69) is 45.0 Å². The molecule has 0 aliphatic heterocycles. The molecule has 5 aromatic rings. The van der Waals surface area contributed by atoms with Crippen LogP contribution in [-0.4, -0.2) is 56.5 Å². The van der Waals surface area contributed by atoms with E-state index in [0.717, 1.165) is 33.3 Å². The summed E-state index contributed by atoms with van der Waals surface area (Å²) in [5, 5.41) is 1.74. The first-order valence-corrected chi connectivity index (χ1v) is 20.3. The first kappa shape index (κ1) is 37.0. The van der Waals surface area contributed by atoms with Crippen molar-refractivity contribution in [1.29, 1.82) is 0 Å². The van der Waals surface area contributed by atoms with Gasteiger partial charge in [0.2, 0.25) is 0 Å². The van der Waals surface area contributed by atoms with Crippen LogP contribution in [0.15, 0.2) is 140 Å². The molecule has 262 valence electrons. The third-order valence-corrected chi connectivity index (χ3v) is 14.5. The first-order valence-electron chi connectivity index (χ1n) is 16.5. The first-order chi connectivity index (χ1) is 23.9. The molecule has 0 saturated carbocycles. The van der Waals surface area contributed by atoms with Gasteiger partial charge in [0.05, 0.1) is 39.8 Å². The summed E-state index contributed by atoms with van der Waals surface area (Å²) in [4.78, 5) is 0. The van der Waals surface area contributed by atoms with Gasteiger partial charge in [-0.3, -0.25) is 4.18 Å². The molecule has 0 amide bonds. The summed E-state index contributed by atoms with van der Waals surface area (Å²) in [6.07, 6.45) is 0.257. The van der Waals surface area contributed by atoms with Gasteiger partial charge in [0.25, 0.3) is 18.4 Å². The Labute approximate surface area is 298 Å². The van der Waals surface area contributed by atoms with Crippen LogP contribution in [-0.2, 0) is 29.1 Å². The molecule has 0 spiro atoms. The Morgan fingerprint density at radius 3 is 1.36 bits per heavy atom. The van der Waals surface area contributed by atoms with Crippen molar-refractivity contribution in [2.75, 3.05) is 33.7 Å². The summed E-state index contributed by atoms with van der Waals surface area (Å²) in [7, 11) is -3.70. The monoisotopic (exact) mass is 710 g/mol. The summed E-state index contributed by atoms with van der Waals surface area (Å²) in [5.74, 6) is 1.42. The average molecular weight is 711 g/mol. The van der Waals surface area contributed by atoms with Crippen LogP contribution in [0, 0.1) is 0 Å². The molecule has 0 saturated heterocycles. The molecule has 0 aromatic heterocycles. The minimum Gasteiger partial charge on any atom is -0.497 e. The molecule has 0 unspecified atom stereocenters. The fraction of sp³-hybridized carbons (Fsp3) is 0.268. The SMILES string of the molecule is COc1ccc(C(OC[C@H](COS(C)(=O)=O)O[Si](c2ccccc2)(c2ccccc2)C(C)(C)C)(c2ccccc2)c2ccc(OC)cc2)cc1. The highest BCUT2D eigenvalue weighted by Crippen LogP contribution is 2.43. The number of ether oxygens (including phenoxy) is 3. The Kier molecular flexibility index (Phi) is 11.7. The van der Waals surface area contributed by atoms with Crippen LogP contribution >= 0.6 is 0 Å². The Morgan fingerprint density at radius 2 is 0.980 bits per heavy atom. The molecule has 7 nitrogen and oxygen atoms in total. The van der Waals surface area contributed by atoms with Gasteiger partial charge in [-0.1, -0.05) is 136 Å². The van der Waals surface area contributed by atoms with Crippen molar-refractivity contribution in [3.8, 4) is 11.5 Å². The summed E-state index contributed by atoms with van der Waals surface area (Å²) in [6, 6.07) is 46.0. The molecule has 0 aliphatic carbocycles. The second-order valence-corrected chi connectivity index (χ2v) is 19.1. The van der Waals surface area contributed by atoms with E-state index in [9.17, 15) is 8.42 Å². The smallest absolute Gasteiger partial charge is 0.264 e. The number of benzene rings is 5. The minimum absolute atomic E-state index is 0.00697. The molecule has 5 rings (SSSR count). The van der Waals surface area contributed by atoms with E-state index in [-0.39, 0.29) is 18.3 Å². The van der Waals surface area contributed by atoms with Crippen LogP contribution in [0.4, 0.5) is 0 Å². The van der Waals surface area contributed by atoms with Crippen molar-refractivity contribution >= 4 is 28.8 Å². The zero-order valence-corrected chi connectivity index (χ0v) is 31.4. The normalized spacial score (nSPS) is 13.1. The van der Waals surface area contributed by atoms with Crippen molar-refractivity contribution in [3.63, 3.8) is 0 Å². The molecule has 0 radical (unpaired) electrons. The van der Waals surface area contributed by atoms with Crippen molar-refractivity contribution in [2.24, 2.45) is 0 Å². The van der Waals surface area contributed by atoms with Crippen molar-refractivity contribution in [3.05, 3.63) is 156 Å². The zero-order valence-electron chi connectivity index (χ0n) is 29.5. The third kappa shape index (κ3) is 8.03. The van der Waals surface area contributed by atoms with Gasteiger partial charge in [0.15, 0.2) is 0 Å². The summed E-state index contributed by atoms with van der Waals surface area (Å²) >= 11 is 0. The van der Waals surface area contributed by atoms with E-state index in [1.54, 1.807) is 14.2 Å². The zero-order chi connectivity index (χ0) is 35.8. The van der Waals surface area contributed by atoms with Crippen LogP contribution in [0.3, 0.4) is 0 Å². The van der Waals surface area contributed by atoms with E-state index >= 15 is 0 Å². The highest BCUT2D eigenvalue weighted by atomic mass is 32.2. The fourth-order valence-electron chi connectivity index (χ4n) is 6.55. The molecular formula is C41H46O7SSi. The Balaban J connectivity index is 1.69. The Hall–Kier alpha value is -4.25. The van der Waals surface area contributed by atoms with Crippen molar-refractivity contribution < 1.29 is 31.2 Å². The molecule has 5 aromatic carbocycles. The highest BCUT2D eigenvalue weighted by Gasteiger charge is 2.52. The lowest BCUT2D eigenvalue weighted by molar-refractivity contribution is -0.0432. The van der Waals surface area contributed by atoms with E-state index in [0.29, 0.717) is 11.5 Å². The lowest BCUT2D eigenvalue weighted by Gasteiger charge is -2.45. The van der Waals surface area contributed by atoms with Gasteiger partial charge in [-0.2, -0.15) is 8.42 Å². The van der Waals surface area contributed by atoms with Crippen LogP contribution in [0.1, 0.15) is 37.5 Å². The second kappa shape index (κ2) is 15.7. The predicted molar refractivity (Wildman–Crippen MR) is 202 cm³/mol. The predicted octanol–water partition coefficient (Wildman–Crippen LogP) is 6.93. The van der Waals surface area contributed by atoms with Crippen LogP contribution in [0.5, 0.6) is 11.5 Å². The maximum atomic E-state index is 12.5. The molecule has 9 heteroatoms. The maximum Gasteiger partial charge on any atom is 0.264 e. The average Bonchev–Trinajstić information content (AvgIpc) is 3.13. The largest absolute Gasteiger partial charge is 0.497 e. The van der Waals surface area contributed by atoms with Gasteiger partial charge in [-0.15, -0.1) is 0 Å². The second-order valence-electron chi connectivity index (χ2n) is 13.2. The van der Waals surface area contributed by atoms with Gasteiger partial charge in [0.1, 0.15) is 17.1 Å². The number of hydrogen-bond acceptors (Lipinski definition) is 7. The molecule has 0 heterocycles. The fourth-order valence-corrected chi connectivity index (χ4v) is 11.6. The highest BCUT2D eigenvalue weighted by molar-refractivity contribution is 7.85. The van der Waals surface area contributed by atoms with Crippen LogP contribution in [0.25, 0.3) is 0 Å². The molecular weight excluding hydrogens is 665 g/mol. The van der Waals surface area contributed by atoms with Gasteiger partial charge in [-0.05, 0) is 56.4 Å². The lowest BCUT2D eigenvalue weighted by Crippen LogP contribution is -2.68. The summed E-state index contributed by atoms with van der Waals surface area (Å²) in [6.45, 7) is 6.29. The topological polar surface area (TPSA) is 80.3 Å². The van der Waals surface area contributed by atoms with Gasteiger partial charge in [-0.25, -0.2) is 0 Å². The third-order valence-electron chi connectivity index (χ3n) is 8.89. The quantitative estimate of drug-likeness (QED) is 0.0662. The van der Waals surface area contributed by atoms with Gasteiger partial charge >= 0.3 is 0 Å². The minimum atomic E-state index is -3.81. The number of hydrogen-bond donors (Lipinski definition) is 0. The maximum absolute atomic E-state index is 12.5. The molecule has 0 fully saturated rings. The Bertz CT molecular complexity index is 1810. The molecule has 0 bridgehead atoms. The molecule has 50 heavy (non-hydrogen) atoms. The number of methoxy groups -OCH3 is 2. The standard InChI is InChI=1S/C41H46O7SSi/c1-40(2,3)50(38-18-12-8-13-19-38,39-20-14-9-15-21-39)48-37(31-47-49(6,42)43)30-46-41(32-16-10-7-11-17-32,33-22-26-35(44-4)27-23-33)34-24-28-36(45-5)29-25-34/h7-29,37H,30-31H2,1-6H3/t37-/m1/s1. The Morgan fingerprint density at radius 1 is 0.580 bits per heavy atom. The van der Waals surface area contributed by atoms with Crippen LogP contribution in [0.2, 0.25) is 5.04 Å². The molecule has 0 aliphatic rings. The van der Waals surface area contributed by atoms with Gasteiger partial charge in [0, 0.05) is 0 Å². The van der Waals surface area contributed by atoms with E-state index in [1.165, 1.54) is 0 Å². The van der Waals surface area contributed by atoms with Crippen LogP contribution < -0.4 is 19.8 Å². The summed E-state index contributed by atoms with van der Waals surface area (Å²) in [5.41, 5.74) is 1.44. The van der Waals surface area contributed by atoms with E-state index in [4.69, 9.17) is 22.8 Å². The van der Waals surface area contributed by atoms with E-state index in [1.807, 2.05) is 115 Å².